The molecule has 0 bridgehead atoms. The molecule has 0 saturated carbocycles. The van der Waals surface area contributed by atoms with Gasteiger partial charge in [0.25, 0.3) is 0 Å². The van der Waals surface area contributed by atoms with Crippen LogP contribution in [0.2, 0.25) is 0 Å². The van der Waals surface area contributed by atoms with Gasteiger partial charge in [0, 0.05) is 7.05 Å². The Balaban J connectivity index is 4.12. The Kier molecular flexibility index (Phi) is 2.86. The maximum Gasteiger partial charge on any atom is 0.407 e. The summed E-state index contributed by atoms with van der Waals surface area (Å²) in [4.78, 5) is 20.9. The number of carboxylic acids is 1. The molecule has 0 aromatic heterocycles. The normalized spacial score (nSPS) is 10.5. The van der Waals surface area contributed by atoms with E-state index in [0.717, 1.165) is 0 Å². The molecule has 0 heterocycles. The van der Waals surface area contributed by atoms with E-state index in [1.807, 2.05) is 0 Å². The number of carboxylic acid groups (broad SMARTS) is 1. The van der Waals surface area contributed by atoms with Crippen LogP contribution in [0.3, 0.4) is 0 Å². The lowest BCUT2D eigenvalue weighted by Gasteiger charge is -2.18. The van der Waals surface area contributed by atoms with Gasteiger partial charge in [-0.3, -0.25) is 0 Å². The van der Waals surface area contributed by atoms with Gasteiger partial charge >= 0.3 is 12.1 Å². The molecule has 1 amide bonds. The van der Waals surface area contributed by atoms with Crippen molar-refractivity contribution in [2.24, 2.45) is 0 Å². The highest BCUT2D eigenvalue weighted by Crippen LogP contribution is 2.08. The first kappa shape index (κ1) is 9.74. The van der Waals surface area contributed by atoms with E-state index in [9.17, 15) is 9.59 Å². The molecule has 0 aliphatic heterocycles. The Morgan fingerprint density at radius 1 is 1.45 bits per heavy atom. The second-order valence-electron chi connectivity index (χ2n) is 2.45. The number of aliphatic carboxylic acids is 1. The third-order valence-electron chi connectivity index (χ3n) is 1.07. The Morgan fingerprint density at radius 2 is 1.91 bits per heavy atom. The minimum atomic E-state index is -1.47. The largest absolute Gasteiger partial charge is 0.478 e. The summed E-state index contributed by atoms with van der Waals surface area (Å²) in [5, 5.41) is 10.6. The summed E-state index contributed by atoms with van der Waals surface area (Å²) < 4.78 is 4.50. The van der Waals surface area contributed by atoms with Crippen molar-refractivity contribution in [1.29, 1.82) is 0 Å². The molecule has 0 aromatic rings. The molecular weight excluding hydrogens is 150 g/mol. The van der Waals surface area contributed by atoms with Crippen LogP contribution in [0.1, 0.15) is 13.8 Å². The maximum atomic E-state index is 10.5. The Hall–Kier alpha value is -1.26. The van der Waals surface area contributed by atoms with Crippen molar-refractivity contribution in [2.45, 2.75) is 19.4 Å². The van der Waals surface area contributed by atoms with Gasteiger partial charge < -0.3 is 15.2 Å². The Morgan fingerprint density at radius 3 is 2.18 bits per heavy atom. The lowest BCUT2D eigenvalue weighted by molar-refractivity contribution is -0.154. The molecule has 0 saturated heterocycles. The minimum Gasteiger partial charge on any atom is -0.478 e. The van der Waals surface area contributed by atoms with Crippen molar-refractivity contribution in [3.05, 3.63) is 0 Å². The van der Waals surface area contributed by atoms with Crippen LogP contribution in [0.25, 0.3) is 0 Å². The zero-order chi connectivity index (χ0) is 9.07. The topological polar surface area (TPSA) is 75.6 Å². The van der Waals surface area contributed by atoms with E-state index < -0.39 is 17.7 Å². The van der Waals surface area contributed by atoms with Crippen LogP contribution in [-0.4, -0.2) is 29.8 Å². The summed E-state index contributed by atoms with van der Waals surface area (Å²) in [6.07, 6.45) is -0.752. The number of carbonyl (C=O) groups is 2. The number of amides is 1. The number of nitrogens with one attached hydrogen (secondary N) is 1. The fourth-order valence-electron chi connectivity index (χ4n) is 0.326. The van der Waals surface area contributed by atoms with E-state index >= 15 is 0 Å². The lowest BCUT2D eigenvalue weighted by Crippen LogP contribution is -2.39. The van der Waals surface area contributed by atoms with Crippen molar-refractivity contribution >= 4 is 12.1 Å². The highest BCUT2D eigenvalue weighted by Gasteiger charge is 2.31. The van der Waals surface area contributed by atoms with Crippen molar-refractivity contribution in [3.63, 3.8) is 0 Å². The molecule has 0 atom stereocenters. The van der Waals surface area contributed by atoms with E-state index in [1.54, 1.807) is 0 Å². The van der Waals surface area contributed by atoms with Crippen LogP contribution in [-0.2, 0) is 9.53 Å². The monoisotopic (exact) mass is 161 g/mol. The van der Waals surface area contributed by atoms with Crippen molar-refractivity contribution in [1.82, 2.24) is 5.32 Å². The summed E-state index contributed by atoms with van der Waals surface area (Å²) in [5.41, 5.74) is -1.47. The van der Waals surface area contributed by atoms with Gasteiger partial charge in [0.15, 0.2) is 0 Å². The number of rotatable bonds is 2. The second-order valence-corrected chi connectivity index (χ2v) is 2.45. The first-order valence-electron chi connectivity index (χ1n) is 3.04. The van der Waals surface area contributed by atoms with E-state index in [1.165, 1.54) is 20.9 Å². The van der Waals surface area contributed by atoms with E-state index in [0.29, 0.717) is 0 Å². The van der Waals surface area contributed by atoms with Gasteiger partial charge in [-0.1, -0.05) is 0 Å². The highest BCUT2D eigenvalue weighted by molar-refractivity contribution is 5.80. The van der Waals surface area contributed by atoms with Gasteiger partial charge in [-0.05, 0) is 13.8 Å². The number of ether oxygens (including phenoxy) is 1. The van der Waals surface area contributed by atoms with Gasteiger partial charge in [-0.2, -0.15) is 0 Å². The Labute approximate surface area is 64.3 Å². The number of alkyl carbamates (subject to hydrolysis) is 1. The predicted octanol–water partition coefficient (Wildman–Crippen LogP) is 0.206. The first-order chi connectivity index (χ1) is 4.90. The molecule has 11 heavy (non-hydrogen) atoms. The maximum absolute atomic E-state index is 10.5. The fourth-order valence-corrected chi connectivity index (χ4v) is 0.326. The van der Waals surface area contributed by atoms with E-state index in [2.05, 4.69) is 10.1 Å². The van der Waals surface area contributed by atoms with E-state index in [-0.39, 0.29) is 0 Å². The van der Waals surface area contributed by atoms with Crippen LogP contribution in [0, 0.1) is 0 Å². The van der Waals surface area contributed by atoms with Gasteiger partial charge in [-0.15, -0.1) is 0 Å². The molecule has 0 unspecified atom stereocenters. The molecule has 0 spiro atoms. The Bertz CT molecular complexity index is 175. The molecule has 0 aromatic carbocycles. The molecule has 0 radical (unpaired) electrons. The van der Waals surface area contributed by atoms with Gasteiger partial charge in [0.05, 0.1) is 0 Å². The summed E-state index contributed by atoms with van der Waals surface area (Å²) in [6, 6.07) is 0. The second kappa shape index (κ2) is 3.23. The molecule has 64 valence electrons. The number of hydrogen-bond acceptors (Lipinski definition) is 3. The molecule has 0 rings (SSSR count). The van der Waals surface area contributed by atoms with Gasteiger partial charge in [-0.25, -0.2) is 9.59 Å². The average Bonchev–Trinajstić information content (AvgIpc) is 1.86. The zero-order valence-electron chi connectivity index (χ0n) is 6.67. The standard InChI is InChI=1S/C6H11NO4/c1-6(2,4(8)9)11-5(10)7-3/h1-3H3,(H,7,10)(H,8,9). The quantitative estimate of drug-likeness (QED) is 0.606. The summed E-state index contributed by atoms with van der Waals surface area (Å²) in [6.45, 7) is 2.59. The molecule has 0 aliphatic carbocycles. The van der Waals surface area contributed by atoms with Crippen LogP contribution < -0.4 is 5.32 Å². The molecule has 5 heteroatoms. The summed E-state index contributed by atoms with van der Waals surface area (Å²) in [5.74, 6) is -1.18. The van der Waals surface area contributed by atoms with Crippen LogP contribution in [0.4, 0.5) is 4.79 Å². The molecule has 2 N–H and O–H groups in total. The third-order valence-corrected chi connectivity index (χ3v) is 1.07. The summed E-state index contributed by atoms with van der Waals surface area (Å²) >= 11 is 0. The molecule has 0 fully saturated rings. The SMILES string of the molecule is CNC(=O)OC(C)(C)C(=O)O. The number of carbonyl (C=O) groups excluding carboxylic acids is 1. The minimum absolute atomic E-state index is 0.752. The van der Waals surface area contributed by atoms with Crippen molar-refractivity contribution in [2.75, 3.05) is 7.05 Å². The van der Waals surface area contributed by atoms with Crippen LogP contribution in [0.5, 0.6) is 0 Å². The molecular formula is C6H11NO4. The summed E-state index contributed by atoms with van der Waals surface area (Å²) in [7, 11) is 1.36. The van der Waals surface area contributed by atoms with Gasteiger partial charge in [0.1, 0.15) is 0 Å². The van der Waals surface area contributed by atoms with Gasteiger partial charge in [0.2, 0.25) is 5.60 Å². The molecule has 5 nitrogen and oxygen atoms in total. The predicted molar refractivity (Wildman–Crippen MR) is 37.3 cm³/mol. The zero-order valence-corrected chi connectivity index (χ0v) is 6.67. The van der Waals surface area contributed by atoms with Crippen molar-refractivity contribution < 1.29 is 19.4 Å². The molecule has 0 aliphatic rings. The first-order valence-corrected chi connectivity index (χ1v) is 3.04. The van der Waals surface area contributed by atoms with E-state index in [4.69, 9.17) is 5.11 Å². The fraction of sp³-hybridized carbons (Fsp3) is 0.667. The third kappa shape index (κ3) is 2.88. The number of hydrogen-bond donors (Lipinski definition) is 2. The van der Waals surface area contributed by atoms with Crippen LogP contribution >= 0.6 is 0 Å². The van der Waals surface area contributed by atoms with Crippen LogP contribution in [0.15, 0.2) is 0 Å². The smallest absolute Gasteiger partial charge is 0.407 e. The average molecular weight is 161 g/mol. The lowest BCUT2D eigenvalue weighted by atomic mass is 10.1. The highest BCUT2D eigenvalue weighted by atomic mass is 16.6. The van der Waals surface area contributed by atoms with Crippen molar-refractivity contribution in [3.8, 4) is 0 Å².